The molecule has 0 fully saturated rings. The fourth-order valence-electron chi connectivity index (χ4n) is 1.07. The van der Waals surface area contributed by atoms with Crippen LogP contribution in [0.4, 0.5) is 10.1 Å². The fraction of sp³-hybridized carbons (Fsp3) is 0.333. The molecule has 0 aliphatic heterocycles. The van der Waals surface area contributed by atoms with Crippen molar-refractivity contribution in [1.82, 2.24) is 0 Å². The van der Waals surface area contributed by atoms with Crippen molar-refractivity contribution in [2.24, 2.45) is 5.73 Å². The number of anilines is 1. The van der Waals surface area contributed by atoms with Gasteiger partial charge in [-0.25, -0.2) is 4.39 Å². The third-order valence-corrected chi connectivity index (χ3v) is 1.90. The molecule has 0 heterocycles. The summed E-state index contributed by atoms with van der Waals surface area (Å²) in [5.74, 6) is -0.383. The van der Waals surface area contributed by atoms with Gasteiger partial charge in [-0.1, -0.05) is 19.1 Å². The molecule has 0 unspecified atom stereocenters. The maximum Gasteiger partial charge on any atom is 0.150 e. The maximum atomic E-state index is 13.2. The molecule has 0 aliphatic carbocycles. The van der Waals surface area contributed by atoms with E-state index in [1.807, 2.05) is 6.92 Å². The summed E-state index contributed by atoms with van der Waals surface area (Å²) >= 11 is 0. The zero-order chi connectivity index (χ0) is 9.14. The molecule has 1 atom stereocenters. The topological polar surface area (TPSA) is 52.0 Å². The van der Waals surface area contributed by atoms with Crippen molar-refractivity contribution in [3.63, 3.8) is 0 Å². The van der Waals surface area contributed by atoms with Gasteiger partial charge in [0.2, 0.25) is 0 Å². The van der Waals surface area contributed by atoms with Gasteiger partial charge in [-0.2, -0.15) is 0 Å². The molecule has 1 rings (SSSR count). The van der Waals surface area contributed by atoms with E-state index in [0.29, 0.717) is 12.0 Å². The Labute approximate surface area is 71.4 Å². The van der Waals surface area contributed by atoms with Gasteiger partial charge in [0.15, 0.2) is 5.82 Å². The van der Waals surface area contributed by atoms with Gasteiger partial charge >= 0.3 is 0 Å². The summed E-state index contributed by atoms with van der Waals surface area (Å²) in [4.78, 5) is 0. The van der Waals surface area contributed by atoms with Crippen LogP contribution in [0.15, 0.2) is 18.2 Å². The highest BCUT2D eigenvalue weighted by atomic mass is 19.1. The molecule has 2 nitrogen and oxygen atoms in total. The van der Waals surface area contributed by atoms with Crippen molar-refractivity contribution in [1.29, 1.82) is 0 Å². The number of halogens is 1. The Morgan fingerprint density at radius 2 is 2.17 bits per heavy atom. The van der Waals surface area contributed by atoms with Crippen molar-refractivity contribution in [3.8, 4) is 0 Å². The highest BCUT2D eigenvalue weighted by Gasteiger charge is 2.10. The monoisotopic (exact) mass is 168 g/mol. The second-order valence-electron chi connectivity index (χ2n) is 2.77. The molecule has 1 aromatic rings. The van der Waals surface area contributed by atoms with Crippen LogP contribution in [0.25, 0.3) is 0 Å². The molecule has 12 heavy (non-hydrogen) atoms. The Bertz CT molecular complexity index is 273. The van der Waals surface area contributed by atoms with Crippen molar-refractivity contribution >= 4 is 5.69 Å². The lowest BCUT2D eigenvalue weighted by atomic mass is 10.0. The van der Waals surface area contributed by atoms with E-state index in [1.54, 1.807) is 12.1 Å². The summed E-state index contributed by atoms with van der Waals surface area (Å²) in [6.45, 7) is 1.91. The number of benzene rings is 1. The van der Waals surface area contributed by atoms with Crippen LogP contribution in [0.2, 0.25) is 0 Å². The molecule has 0 bridgehead atoms. The molecule has 1 aromatic carbocycles. The average Bonchev–Trinajstić information content (AvgIpc) is 2.08. The van der Waals surface area contributed by atoms with E-state index in [-0.39, 0.29) is 17.5 Å². The van der Waals surface area contributed by atoms with E-state index in [4.69, 9.17) is 11.5 Å². The standard InChI is InChI=1S/C9H13FN2/c1-2-7(11)6-4-3-5-8(12)9(6)10/h3-5,7H,2,11-12H2,1H3/t7-/m1/s1. The lowest BCUT2D eigenvalue weighted by molar-refractivity contribution is 0.579. The first-order valence-corrected chi connectivity index (χ1v) is 3.96. The fourth-order valence-corrected chi connectivity index (χ4v) is 1.07. The number of nitrogen functional groups attached to an aromatic ring is 1. The third-order valence-electron chi connectivity index (χ3n) is 1.90. The van der Waals surface area contributed by atoms with E-state index in [0.717, 1.165) is 0 Å². The molecular weight excluding hydrogens is 155 g/mol. The van der Waals surface area contributed by atoms with Crippen molar-refractivity contribution in [2.75, 3.05) is 5.73 Å². The first kappa shape index (κ1) is 9.00. The Hall–Kier alpha value is -1.09. The molecule has 0 aromatic heterocycles. The largest absolute Gasteiger partial charge is 0.396 e. The molecular formula is C9H13FN2. The van der Waals surface area contributed by atoms with Crippen molar-refractivity contribution in [2.45, 2.75) is 19.4 Å². The second-order valence-corrected chi connectivity index (χ2v) is 2.77. The summed E-state index contributed by atoms with van der Waals surface area (Å²) in [6.07, 6.45) is 0.709. The summed E-state index contributed by atoms with van der Waals surface area (Å²) in [7, 11) is 0. The predicted octanol–water partition coefficient (Wildman–Crippen LogP) is 1.82. The molecule has 0 saturated carbocycles. The van der Waals surface area contributed by atoms with E-state index < -0.39 is 0 Å². The summed E-state index contributed by atoms with van der Waals surface area (Å²) in [5.41, 5.74) is 11.7. The normalized spacial score (nSPS) is 12.9. The van der Waals surface area contributed by atoms with E-state index in [9.17, 15) is 4.39 Å². The Kier molecular flexibility index (Phi) is 2.65. The summed E-state index contributed by atoms with van der Waals surface area (Å²) in [6, 6.07) is 4.65. The Balaban J connectivity index is 3.07. The van der Waals surface area contributed by atoms with Crippen LogP contribution in [-0.4, -0.2) is 0 Å². The van der Waals surface area contributed by atoms with Gasteiger partial charge < -0.3 is 11.5 Å². The lowest BCUT2D eigenvalue weighted by Crippen LogP contribution is -2.11. The van der Waals surface area contributed by atoms with Crippen molar-refractivity contribution < 1.29 is 4.39 Å². The van der Waals surface area contributed by atoms with Gasteiger partial charge in [-0.15, -0.1) is 0 Å². The van der Waals surface area contributed by atoms with Gasteiger partial charge in [-0.05, 0) is 12.5 Å². The summed E-state index contributed by atoms with van der Waals surface area (Å²) < 4.78 is 13.2. The SMILES string of the molecule is CC[C@@H](N)c1cccc(N)c1F. The zero-order valence-corrected chi connectivity index (χ0v) is 7.05. The Morgan fingerprint density at radius 3 is 2.75 bits per heavy atom. The first-order valence-electron chi connectivity index (χ1n) is 3.96. The average molecular weight is 168 g/mol. The molecule has 0 aliphatic rings. The molecule has 3 heteroatoms. The number of rotatable bonds is 2. The van der Waals surface area contributed by atoms with Gasteiger partial charge in [0, 0.05) is 11.6 Å². The predicted molar refractivity (Wildman–Crippen MR) is 48.0 cm³/mol. The number of hydrogen-bond acceptors (Lipinski definition) is 2. The maximum absolute atomic E-state index is 13.2. The van der Waals surface area contributed by atoms with E-state index in [1.165, 1.54) is 6.07 Å². The minimum absolute atomic E-state index is 0.163. The number of hydrogen-bond donors (Lipinski definition) is 2. The van der Waals surface area contributed by atoms with Crippen molar-refractivity contribution in [3.05, 3.63) is 29.6 Å². The first-order chi connectivity index (χ1) is 5.66. The highest BCUT2D eigenvalue weighted by molar-refractivity contribution is 5.43. The van der Waals surface area contributed by atoms with E-state index >= 15 is 0 Å². The van der Waals surface area contributed by atoms with Gasteiger partial charge in [0.1, 0.15) is 0 Å². The van der Waals surface area contributed by atoms with Crippen LogP contribution >= 0.6 is 0 Å². The van der Waals surface area contributed by atoms with E-state index in [2.05, 4.69) is 0 Å². The van der Waals surface area contributed by atoms with Gasteiger partial charge in [0.05, 0.1) is 5.69 Å². The van der Waals surface area contributed by atoms with Gasteiger partial charge in [0.25, 0.3) is 0 Å². The smallest absolute Gasteiger partial charge is 0.150 e. The van der Waals surface area contributed by atoms with Crippen LogP contribution < -0.4 is 11.5 Å². The molecule has 66 valence electrons. The van der Waals surface area contributed by atoms with Gasteiger partial charge in [-0.3, -0.25) is 0 Å². The third kappa shape index (κ3) is 1.56. The van der Waals surface area contributed by atoms with Crippen LogP contribution in [0, 0.1) is 5.82 Å². The molecule has 0 saturated heterocycles. The molecule has 0 spiro atoms. The van der Waals surface area contributed by atoms with Crippen LogP contribution in [0.1, 0.15) is 24.9 Å². The highest BCUT2D eigenvalue weighted by Crippen LogP contribution is 2.21. The quantitative estimate of drug-likeness (QED) is 0.662. The molecule has 0 radical (unpaired) electrons. The minimum atomic E-state index is -0.383. The van der Waals surface area contributed by atoms with Crippen LogP contribution in [0.3, 0.4) is 0 Å². The molecule has 4 N–H and O–H groups in total. The zero-order valence-electron chi connectivity index (χ0n) is 7.05. The number of nitrogens with two attached hydrogens (primary N) is 2. The second kappa shape index (κ2) is 3.54. The molecule has 0 amide bonds. The summed E-state index contributed by atoms with van der Waals surface area (Å²) in [5, 5.41) is 0. The Morgan fingerprint density at radius 1 is 1.50 bits per heavy atom. The minimum Gasteiger partial charge on any atom is -0.396 e. The van der Waals surface area contributed by atoms with Crippen LogP contribution in [-0.2, 0) is 0 Å². The van der Waals surface area contributed by atoms with Crippen LogP contribution in [0.5, 0.6) is 0 Å². The lowest BCUT2D eigenvalue weighted by Gasteiger charge is -2.10.